The second-order valence-electron chi connectivity index (χ2n) is 6.71. The van der Waals surface area contributed by atoms with Gasteiger partial charge in [-0.15, -0.1) is 0 Å². The minimum absolute atomic E-state index is 0.253. The van der Waals surface area contributed by atoms with Crippen molar-refractivity contribution in [2.45, 2.75) is 32.7 Å². The van der Waals surface area contributed by atoms with Crippen molar-refractivity contribution in [2.24, 2.45) is 0 Å². The minimum atomic E-state index is -0.648. The number of hydrogen-bond acceptors (Lipinski definition) is 4. The molecule has 0 fully saturated rings. The van der Waals surface area contributed by atoms with Gasteiger partial charge in [-0.2, -0.15) is 0 Å². The van der Waals surface area contributed by atoms with Crippen molar-refractivity contribution in [1.82, 2.24) is 9.55 Å². The Morgan fingerprint density at radius 3 is 2.68 bits per heavy atom. The number of esters is 1. The fourth-order valence-electron chi connectivity index (χ4n) is 3.77. The SMILES string of the molecule is CCCC1=C(C(=O)OCC)C(c2ccccc2F)n2c(nc3ccccc32)N1. The molecule has 3 aromatic rings. The molecular formula is C22H22FN3O2. The summed E-state index contributed by atoms with van der Waals surface area (Å²) in [6, 6.07) is 13.6. The van der Waals surface area contributed by atoms with Gasteiger partial charge in [-0.25, -0.2) is 14.2 Å². The standard InChI is InChI=1S/C22H22FN3O2/c1-3-9-17-19(21(27)28-4-2)20(14-10-5-6-11-15(14)23)26-18-13-8-7-12-16(18)24-22(26)25-17/h5-8,10-13,20H,3-4,9H2,1-2H3,(H,24,25). The third-order valence-electron chi connectivity index (χ3n) is 4.91. The van der Waals surface area contributed by atoms with Crippen molar-refractivity contribution in [2.75, 3.05) is 11.9 Å². The van der Waals surface area contributed by atoms with E-state index in [9.17, 15) is 9.18 Å². The molecular weight excluding hydrogens is 357 g/mol. The van der Waals surface area contributed by atoms with Crippen LogP contribution in [0.1, 0.15) is 38.3 Å². The molecule has 0 saturated carbocycles. The van der Waals surface area contributed by atoms with Gasteiger partial charge in [-0.05, 0) is 31.5 Å². The van der Waals surface area contributed by atoms with Gasteiger partial charge in [0.1, 0.15) is 5.82 Å². The summed E-state index contributed by atoms with van der Waals surface area (Å²) >= 11 is 0. The predicted molar refractivity (Wildman–Crippen MR) is 106 cm³/mol. The topological polar surface area (TPSA) is 56.2 Å². The van der Waals surface area contributed by atoms with Crippen LogP contribution in [-0.4, -0.2) is 22.1 Å². The molecule has 0 bridgehead atoms. The van der Waals surface area contributed by atoms with Crippen LogP contribution in [-0.2, 0) is 9.53 Å². The highest BCUT2D eigenvalue weighted by atomic mass is 19.1. The first-order valence-corrected chi connectivity index (χ1v) is 9.54. The van der Waals surface area contributed by atoms with Gasteiger partial charge in [0, 0.05) is 11.3 Å². The van der Waals surface area contributed by atoms with E-state index in [1.165, 1.54) is 6.07 Å². The molecule has 1 aliphatic heterocycles. The van der Waals surface area contributed by atoms with Gasteiger partial charge in [0.15, 0.2) is 0 Å². The van der Waals surface area contributed by atoms with Crippen LogP contribution < -0.4 is 5.32 Å². The maximum Gasteiger partial charge on any atom is 0.338 e. The molecule has 2 aromatic carbocycles. The molecule has 6 heteroatoms. The van der Waals surface area contributed by atoms with E-state index in [1.54, 1.807) is 25.1 Å². The van der Waals surface area contributed by atoms with Crippen molar-refractivity contribution < 1.29 is 13.9 Å². The number of benzene rings is 2. The second-order valence-corrected chi connectivity index (χ2v) is 6.71. The summed E-state index contributed by atoms with van der Waals surface area (Å²) in [5.74, 6) is -0.197. The molecule has 0 spiro atoms. The number of rotatable bonds is 5. The average Bonchev–Trinajstić information content (AvgIpc) is 3.06. The van der Waals surface area contributed by atoms with Crippen LogP contribution in [0.25, 0.3) is 11.0 Å². The number of nitrogens with zero attached hydrogens (tertiary/aromatic N) is 2. The Labute approximate surface area is 162 Å². The van der Waals surface area contributed by atoms with E-state index in [0.717, 1.165) is 23.2 Å². The molecule has 144 valence electrons. The number of fused-ring (bicyclic) bond motifs is 3. The van der Waals surface area contributed by atoms with Gasteiger partial charge in [0.2, 0.25) is 5.95 Å². The Morgan fingerprint density at radius 1 is 1.18 bits per heavy atom. The first-order chi connectivity index (χ1) is 13.7. The molecule has 0 radical (unpaired) electrons. The number of carbonyl (C=O) groups excluding carboxylic acids is 1. The molecule has 4 rings (SSSR count). The monoisotopic (exact) mass is 379 g/mol. The van der Waals surface area contributed by atoms with Crippen LogP contribution in [0.15, 0.2) is 59.8 Å². The Morgan fingerprint density at radius 2 is 1.93 bits per heavy atom. The van der Waals surface area contributed by atoms with Gasteiger partial charge in [-0.3, -0.25) is 4.57 Å². The number of para-hydroxylation sites is 2. The molecule has 0 amide bonds. The first kappa shape index (κ1) is 18.2. The predicted octanol–water partition coefficient (Wildman–Crippen LogP) is 4.81. The van der Waals surface area contributed by atoms with Crippen LogP contribution in [0.2, 0.25) is 0 Å². The molecule has 0 saturated heterocycles. The van der Waals surface area contributed by atoms with Gasteiger partial charge < -0.3 is 10.1 Å². The zero-order chi connectivity index (χ0) is 19.7. The highest BCUT2D eigenvalue weighted by Crippen LogP contribution is 2.41. The molecule has 1 aromatic heterocycles. The fraction of sp³-hybridized carbons (Fsp3) is 0.273. The molecule has 1 aliphatic rings. The number of hydrogen-bond donors (Lipinski definition) is 1. The van der Waals surface area contributed by atoms with E-state index < -0.39 is 12.0 Å². The van der Waals surface area contributed by atoms with Crippen LogP contribution in [0, 0.1) is 5.82 Å². The lowest BCUT2D eigenvalue weighted by molar-refractivity contribution is -0.139. The molecule has 28 heavy (non-hydrogen) atoms. The Balaban J connectivity index is 2.02. The van der Waals surface area contributed by atoms with E-state index in [2.05, 4.69) is 10.3 Å². The quantitative estimate of drug-likeness (QED) is 0.647. The summed E-state index contributed by atoms with van der Waals surface area (Å²) in [6.07, 6.45) is 1.47. The lowest BCUT2D eigenvalue weighted by Crippen LogP contribution is -2.30. The third-order valence-corrected chi connectivity index (χ3v) is 4.91. The Kier molecular flexibility index (Phi) is 4.86. The van der Waals surface area contributed by atoms with Crippen molar-refractivity contribution in [3.63, 3.8) is 0 Å². The number of nitrogens with one attached hydrogen (secondary N) is 1. The first-order valence-electron chi connectivity index (χ1n) is 9.54. The molecule has 5 nitrogen and oxygen atoms in total. The Bertz CT molecular complexity index is 1070. The van der Waals surface area contributed by atoms with E-state index in [0.29, 0.717) is 23.5 Å². The summed E-state index contributed by atoms with van der Waals surface area (Å²) in [5.41, 5.74) is 3.20. The number of imidazole rings is 1. The summed E-state index contributed by atoms with van der Waals surface area (Å²) in [5, 5.41) is 3.30. The van der Waals surface area contributed by atoms with Gasteiger partial charge in [-0.1, -0.05) is 43.7 Å². The van der Waals surface area contributed by atoms with E-state index in [1.807, 2.05) is 35.8 Å². The fourth-order valence-corrected chi connectivity index (χ4v) is 3.77. The van der Waals surface area contributed by atoms with Crippen LogP contribution >= 0.6 is 0 Å². The van der Waals surface area contributed by atoms with Crippen LogP contribution in [0.5, 0.6) is 0 Å². The number of carbonyl (C=O) groups is 1. The summed E-state index contributed by atoms with van der Waals surface area (Å²) in [6.45, 7) is 4.06. The zero-order valence-electron chi connectivity index (χ0n) is 15.9. The van der Waals surface area contributed by atoms with E-state index in [-0.39, 0.29) is 12.4 Å². The maximum absolute atomic E-state index is 14.9. The number of halogens is 1. The largest absolute Gasteiger partial charge is 0.463 e. The minimum Gasteiger partial charge on any atom is -0.463 e. The summed E-state index contributed by atoms with van der Waals surface area (Å²) < 4.78 is 22.1. The maximum atomic E-state index is 14.9. The van der Waals surface area contributed by atoms with Crippen molar-refractivity contribution in [1.29, 1.82) is 0 Å². The smallest absolute Gasteiger partial charge is 0.338 e. The lowest BCUT2D eigenvalue weighted by Gasteiger charge is -2.31. The molecule has 1 atom stereocenters. The van der Waals surface area contributed by atoms with Crippen molar-refractivity contribution in [3.8, 4) is 0 Å². The molecule has 1 N–H and O–H groups in total. The van der Waals surface area contributed by atoms with Gasteiger partial charge in [0.05, 0.1) is 29.3 Å². The van der Waals surface area contributed by atoms with E-state index in [4.69, 9.17) is 4.74 Å². The van der Waals surface area contributed by atoms with Crippen molar-refractivity contribution >= 4 is 23.0 Å². The second kappa shape index (κ2) is 7.46. The summed E-state index contributed by atoms with van der Waals surface area (Å²) in [7, 11) is 0. The molecule has 2 heterocycles. The highest BCUT2D eigenvalue weighted by Gasteiger charge is 2.37. The highest BCUT2D eigenvalue weighted by molar-refractivity contribution is 5.94. The third kappa shape index (κ3) is 2.95. The number of aromatic nitrogens is 2. The lowest BCUT2D eigenvalue weighted by atomic mass is 9.93. The average molecular weight is 379 g/mol. The van der Waals surface area contributed by atoms with Crippen LogP contribution in [0.4, 0.5) is 10.3 Å². The van der Waals surface area contributed by atoms with Crippen LogP contribution in [0.3, 0.4) is 0 Å². The number of ether oxygens (including phenoxy) is 1. The van der Waals surface area contributed by atoms with Gasteiger partial charge >= 0.3 is 5.97 Å². The normalized spacial score (nSPS) is 16.0. The number of anilines is 1. The van der Waals surface area contributed by atoms with Gasteiger partial charge in [0.25, 0.3) is 0 Å². The molecule has 1 unspecified atom stereocenters. The Hall–Kier alpha value is -3.15. The van der Waals surface area contributed by atoms with E-state index >= 15 is 0 Å². The molecule has 0 aliphatic carbocycles. The van der Waals surface area contributed by atoms with Crippen molar-refractivity contribution in [3.05, 3.63) is 71.2 Å². The zero-order valence-corrected chi connectivity index (χ0v) is 15.9. The summed E-state index contributed by atoms with van der Waals surface area (Å²) in [4.78, 5) is 17.6. The number of allylic oxidation sites excluding steroid dienone is 1.